The fraction of sp³-hybridized carbons (Fsp3) is 0.259. The van der Waals surface area contributed by atoms with Crippen LogP contribution in [-0.2, 0) is 6.42 Å². The highest BCUT2D eigenvalue weighted by molar-refractivity contribution is 5.64. The highest BCUT2D eigenvalue weighted by Gasteiger charge is 2.29. The lowest BCUT2D eigenvalue weighted by molar-refractivity contribution is 0.360. The molecule has 2 aromatic carbocycles. The molecule has 0 spiro atoms. The second-order valence-corrected chi connectivity index (χ2v) is 8.44. The zero-order chi connectivity index (χ0) is 24.2. The van der Waals surface area contributed by atoms with Crippen LogP contribution in [-0.4, -0.2) is 38.4 Å². The predicted molar refractivity (Wildman–Crippen MR) is 138 cm³/mol. The van der Waals surface area contributed by atoms with Crippen molar-refractivity contribution < 1.29 is 4.74 Å². The summed E-state index contributed by atoms with van der Waals surface area (Å²) in [5, 5.41) is 11.1. The Morgan fingerprint density at radius 1 is 1.14 bits per heavy atom. The number of hydrogen-bond donors (Lipinski definition) is 2. The average Bonchev–Trinajstić information content (AvgIpc) is 3.51. The molecular formula is C27H29N7O. The van der Waals surface area contributed by atoms with Crippen molar-refractivity contribution in [2.75, 3.05) is 24.3 Å². The van der Waals surface area contributed by atoms with Crippen LogP contribution in [0.1, 0.15) is 41.9 Å². The largest absolute Gasteiger partial charge is 0.487 e. The van der Waals surface area contributed by atoms with Gasteiger partial charge in [0.15, 0.2) is 0 Å². The number of rotatable bonds is 8. The fourth-order valence-corrected chi connectivity index (χ4v) is 4.46. The molecule has 4 aromatic rings. The Morgan fingerprint density at radius 2 is 2.00 bits per heavy atom. The van der Waals surface area contributed by atoms with E-state index in [2.05, 4.69) is 45.0 Å². The van der Waals surface area contributed by atoms with Crippen molar-refractivity contribution in [3.05, 3.63) is 89.7 Å². The molecule has 0 saturated heterocycles. The Kier molecular flexibility index (Phi) is 6.43. The van der Waals surface area contributed by atoms with E-state index in [1.165, 1.54) is 11.1 Å². The van der Waals surface area contributed by atoms with Crippen LogP contribution in [0.15, 0.2) is 67.0 Å². The van der Waals surface area contributed by atoms with Crippen LogP contribution < -0.4 is 15.4 Å². The number of nitrogens with one attached hydrogen (secondary N) is 2. The Morgan fingerprint density at radius 3 is 2.74 bits per heavy atom. The minimum absolute atomic E-state index is 0.263. The lowest BCUT2D eigenvalue weighted by Gasteiger charge is -2.16. The maximum absolute atomic E-state index is 6.04. The van der Waals surface area contributed by atoms with E-state index in [1.807, 2.05) is 57.3 Å². The van der Waals surface area contributed by atoms with Crippen LogP contribution in [0.4, 0.5) is 17.5 Å². The summed E-state index contributed by atoms with van der Waals surface area (Å²) in [6.45, 7) is 4.29. The molecule has 178 valence electrons. The highest BCUT2D eigenvalue weighted by atomic mass is 16.5. The van der Waals surface area contributed by atoms with E-state index in [0.29, 0.717) is 24.1 Å². The number of allylic oxidation sites excluding steroid dienone is 1. The molecule has 5 rings (SSSR count). The van der Waals surface area contributed by atoms with Crippen molar-refractivity contribution in [3.8, 4) is 11.4 Å². The predicted octanol–water partition coefficient (Wildman–Crippen LogP) is 5.18. The first kappa shape index (κ1) is 22.6. The first-order chi connectivity index (χ1) is 17.2. The van der Waals surface area contributed by atoms with Crippen molar-refractivity contribution in [2.24, 2.45) is 0 Å². The number of aromatic nitrogens is 5. The quantitative estimate of drug-likeness (QED) is 0.345. The van der Waals surface area contributed by atoms with Crippen LogP contribution in [0.2, 0.25) is 0 Å². The zero-order valence-corrected chi connectivity index (χ0v) is 20.2. The zero-order valence-electron chi connectivity index (χ0n) is 20.2. The van der Waals surface area contributed by atoms with Gasteiger partial charge in [-0.05, 0) is 44.4 Å². The maximum Gasteiger partial charge on any atom is 0.229 e. The monoisotopic (exact) mass is 467 g/mol. The van der Waals surface area contributed by atoms with Crippen molar-refractivity contribution in [1.82, 2.24) is 24.7 Å². The summed E-state index contributed by atoms with van der Waals surface area (Å²) in [4.78, 5) is 14.0. The summed E-state index contributed by atoms with van der Waals surface area (Å²) in [6, 6.07) is 16.4. The number of nitrogens with zero attached hydrogens (tertiary/aromatic N) is 5. The molecule has 0 saturated carbocycles. The van der Waals surface area contributed by atoms with Gasteiger partial charge in [0, 0.05) is 30.3 Å². The Bertz CT molecular complexity index is 1350. The number of anilines is 3. The molecule has 2 N–H and O–H groups in total. The number of benzene rings is 2. The molecule has 1 aliphatic rings. The third-order valence-corrected chi connectivity index (χ3v) is 6.13. The number of ether oxygens (including phenoxy) is 1. The molecule has 0 radical (unpaired) electrons. The summed E-state index contributed by atoms with van der Waals surface area (Å²) in [5.74, 6) is 3.08. The van der Waals surface area contributed by atoms with Gasteiger partial charge in [0.25, 0.3) is 0 Å². The van der Waals surface area contributed by atoms with Gasteiger partial charge in [-0.2, -0.15) is 10.1 Å². The lowest BCUT2D eigenvalue weighted by atomic mass is 9.97. The Balaban J connectivity index is 1.48. The minimum atomic E-state index is 0.263. The van der Waals surface area contributed by atoms with Gasteiger partial charge >= 0.3 is 0 Å². The third kappa shape index (κ3) is 4.73. The van der Waals surface area contributed by atoms with Crippen molar-refractivity contribution in [3.63, 3.8) is 0 Å². The van der Waals surface area contributed by atoms with E-state index < -0.39 is 0 Å². The number of hydrogen-bond acceptors (Lipinski definition) is 7. The smallest absolute Gasteiger partial charge is 0.229 e. The molecule has 1 aliphatic carbocycles. The number of aryl methyl sites for hydroxylation is 1. The Hall–Kier alpha value is -4.20. The average molecular weight is 468 g/mol. The van der Waals surface area contributed by atoms with Crippen molar-refractivity contribution >= 4 is 17.5 Å². The SMILES string of the molecule is C/C=C/COc1cc(Nc2nc(NC)c3c(n2)C(c2ccccc2)CC3)ccc1-n1cnc(C)n1. The number of fused-ring (bicyclic) bond motifs is 1. The lowest BCUT2D eigenvalue weighted by Crippen LogP contribution is -2.08. The van der Waals surface area contributed by atoms with Gasteiger partial charge in [-0.1, -0.05) is 42.5 Å². The van der Waals surface area contributed by atoms with Crippen molar-refractivity contribution in [1.29, 1.82) is 0 Å². The third-order valence-electron chi connectivity index (χ3n) is 6.13. The van der Waals surface area contributed by atoms with E-state index in [-0.39, 0.29) is 5.92 Å². The Labute approximate surface area is 205 Å². The van der Waals surface area contributed by atoms with Crippen LogP contribution in [0, 0.1) is 6.92 Å². The van der Waals surface area contributed by atoms with Crippen LogP contribution in [0.5, 0.6) is 5.75 Å². The molecule has 8 nitrogen and oxygen atoms in total. The van der Waals surface area contributed by atoms with E-state index >= 15 is 0 Å². The molecule has 2 heterocycles. The summed E-state index contributed by atoms with van der Waals surface area (Å²) in [6.07, 6.45) is 7.60. The van der Waals surface area contributed by atoms with Crippen molar-refractivity contribution in [2.45, 2.75) is 32.6 Å². The topological polar surface area (TPSA) is 89.8 Å². The van der Waals surface area contributed by atoms with Crippen LogP contribution in [0.25, 0.3) is 5.69 Å². The van der Waals surface area contributed by atoms with E-state index in [4.69, 9.17) is 14.7 Å². The van der Waals surface area contributed by atoms with E-state index in [0.717, 1.165) is 35.7 Å². The fourth-order valence-electron chi connectivity index (χ4n) is 4.46. The summed E-state index contributed by atoms with van der Waals surface area (Å²) >= 11 is 0. The molecule has 2 aromatic heterocycles. The van der Waals surface area contributed by atoms with Gasteiger partial charge in [-0.15, -0.1) is 0 Å². The second-order valence-electron chi connectivity index (χ2n) is 8.44. The molecule has 0 aliphatic heterocycles. The van der Waals surface area contributed by atoms with Gasteiger partial charge in [0.2, 0.25) is 5.95 Å². The van der Waals surface area contributed by atoms with Crippen LogP contribution in [0.3, 0.4) is 0 Å². The van der Waals surface area contributed by atoms with Gasteiger partial charge in [0.05, 0.1) is 5.69 Å². The van der Waals surface area contributed by atoms with Gasteiger partial charge < -0.3 is 15.4 Å². The highest BCUT2D eigenvalue weighted by Crippen LogP contribution is 2.40. The second kappa shape index (κ2) is 9.97. The van der Waals surface area contributed by atoms with Gasteiger partial charge in [0.1, 0.15) is 36.0 Å². The molecule has 8 heteroatoms. The summed E-state index contributed by atoms with van der Waals surface area (Å²) in [7, 11) is 1.91. The van der Waals surface area contributed by atoms with E-state index in [9.17, 15) is 0 Å². The van der Waals surface area contributed by atoms with E-state index in [1.54, 1.807) is 11.0 Å². The van der Waals surface area contributed by atoms with Crippen LogP contribution >= 0.6 is 0 Å². The molecule has 35 heavy (non-hydrogen) atoms. The minimum Gasteiger partial charge on any atom is -0.487 e. The summed E-state index contributed by atoms with van der Waals surface area (Å²) in [5.41, 5.74) is 5.20. The molecule has 1 atom stereocenters. The van der Waals surface area contributed by atoms with Gasteiger partial charge in [-0.3, -0.25) is 0 Å². The first-order valence-electron chi connectivity index (χ1n) is 11.8. The standard InChI is InChI=1S/C27H29N7O/c1-4-5-15-35-24-16-20(11-14-23(24)34-17-29-18(2)33-34)30-27-31-25-21(19-9-7-6-8-10-19)12-13-22(25)26(28-3)32-27/h4-11,14,16-17,21H,12-13,15H2,1-3H3,(H2,28,30,31,32)/b5-4+. The maximum atomic E-state index is 6.04. The molecular weight excluding hydrogens is 438 g/mol. The molecule has 1 unspecified atom stereocenters. The summed E-state index contributed by atoms with van der Waals surface area (Å²) < 4.78 is 7.77. The molecule has 0 bridgehead atoms. The normalized spacial score (nSPS) is 14.8. The molecule has 0 amide bonds. The first-order valence-corrected chi connectivity index (χ1v) is 11.8. The van der Waals surface area contributed by atoms with Gasteiger partial charge in [-0.25, -0.2) is 14.6 Å². The molecule has 0 fully saturated rings.